The number of carbonyl (C=O) groups is 2. The van der Waals surface area contributed by atoms with E-state index in [0.717, 1.165) is 10.4 Å². The standard InChI is InChI=1S/C19H18O4S/c1-11-7-8-24-16(11)10-15-17(20)13-6-5-12(9-14(13)23-15)22-18(21)19(2,3)4/h5-10H,1-4H3/b15-10-. The molecule has 0 saturated heterocycles. The Bertz CT molecular complexity index is 852. The maximum absolute atomic E-state index is 12.4. The predicted octanol–water partition coefficient (Wildman–Crippen LogP) is 4.62. The van der Waals surface area contributed by atoms with E-state index in [2.05, 4.69) is 0 Å². The molecule has 2 heterocycles. The molecule has 0 aliphatic carbocycles. The lowest BCUT2D eigenvalue weighted by Gasteiger charge is -2.16. The molecule has 0 saturated carbocycles. The second-order valence-electron chi connectivity index (χ2n) is 6.71. The summed E-state index contributed by atoms with van der Waals surface area (Å²) in [6.45, 7) is 7.34. The molecular weight excluding hydrogens is 324 g/mol. The van der Waals surface area contributed by atoms with E-state index in [1.165, 1.54) is 0 Å². The number of hydrogen-bond acceptors (Lipinski definition) is 5. The highest BCUT2D eigenvalue weighted by Gasteiger charge is 2.29. The van der Waals surface area contributed by atoms with Crippen molar-refractivity contribution in [3.63, 3.8) is 0 Å². The highest BCUT2D eigenvalue weighted by Crippen LogP contribution is 2.36. The molecule has 2 aromatic rings. The van der Waals surface area contributed by atoms with Crippen molar-refractivity contribution in [3.05, 3.63) is 51.4 Å². The summed E-state index contributed by atoms with van der Waals surface area (Å²) in [5.41, 5.74) is 0.975. The third-order valence-corrected chi connectivity index (χ3v) is 4.59. The highest BCUT2D eigenvalue weighted by molar-refractivity contribution is 7.11. The number of Topliss-reactive ketones (excluding diaryl/α,β-unsaturated/α-hetero) is 1. The molecule has 0 radical (unpaired) electrons. The lowest BCUT2D eigenvalue weighted by molar-refractivity contribution is -0.142. The fraction of sp³-hybridized carbons (Fsp3) is 0.263. The van der Waals surface area contributed by atoms with Crippen LogP contribution in [-0.2, 0) is 4.79 Å². The number of hydrogen-bond donors (Lipinski definition) is 0. The van der Waals surface area contributed by atoms with Gasteiger partial charge in [-0.25, -0.2) is 0 Å². The van der Waals surface area contributed by atoms with Gasteiger partial charge in [-0.1, -0.05) is 0 Å². The Balaban J connectivity index is 1.86. The maximum atomic E-state index is 12.4. The summed E-state index contributed by atoms with van der Waals surface area (Å²) in [5, 5.41) is 1.97. The van der Waals surface area contributed by atoms with E-state index in [1.807, 2.05) is 18.4 Å². The summed E-state index contributed by atoms with van der Waals surface area (Å²) in [5.74, 6) is 0.577. The van der Waals surface area contributed by atoms with Crippen molar-refractivity contribution in [2.45, 2.75) is 27.7 Å². The number of rotatable bonds is 2. The van der Waals surface area contributed by atoms with E-state index in [1.54, 1.807) is 56.4 Å². The highest BCUT2D eigenvalue weighted by atomic mass is 32.1. The predicted molar refractivity (Wildman–Crippen MR) is 93.5 cm³/mol. The normalized spacial score (nSPS) is 15.3. The molecule has 1 aromatic heterocycles. The third kappa shape index (κ3) is 3.12. The van der Waals surface area contributed by atoms with Crippen LogP contribution in [0, 0.1) is 12.3 Å². The van der Waals surface area contributed by atoms with Crippen LogP contribution in [-0.4, -0.2) is 11.8 Å². The number of ether oxygens (including phenoxy) is 2. The van der Waals surface area contributed by atoms with Crippen LogP contribution < -0.4 is 9.47 Å². The van der Waals surface area contributed by atoms with Crippen LogP contribution in [0.3, 0.4) is 0 Å². The van der Waals surface area contributed by atoms with Gasteiger partial charge < -0.3 is 9.47 Å². The molecule has 3 rings (SSSR count). The maximum Gasteiger partial charge on any atom is 0.316 e. The van der Waals surface area contributed by atoms with E-state index in [-0.39, 0.29) is 17.5 Å². The SMILES string of the molecule is Cc1ccsc1/C=C1\Oc2cc(OC(=O)C(C)(C)C)ccc2C1=O. The number of fused-ring (bicyclic) bond motifs is 1. The Kier molecular flexibility index (Phi) is 4.05. The van der Waals surface area contributed by atoms with E-state index >= 15 is 0 Å². The minimum Gasteiger partial charge on any atom is -0.452 e. The summed E-state index contributed by atoms with van der Waals surface area (Å²) < 4.78 is 11.0. The Morgan fingerprint density at radius 3 is 2.62 bits per heavy atom. The van der Waals surface area contributed by atoms with E-state index in [4.69, 9.17) is 9.47 Å². The Morgan fingerprint density at radius 1 is 1.25 bits per heavy atom. The molecular formula is C19H18O4S. The van der Waals surface area contributed by atoms with Crippen LogP contribution in [0.4, 0.5) is 0 Å². The first-order valence-electron chi connectivity index (χ1n) is 7.60. The molecule has 0 amide bonds. The molecule has 0 N–H and O–H groups in total. The molecule has 0 atom stereocenters. The van der Waals surface area contributed by atoms with Gasteiger partial charge in [-0.3, -0.25) is 9.59 Å². The molecule has 24 heavy (non-hydrogen) atoms. The minimum atomic E-state index is -0.600. The van der Waals surface area contributed by atoms with Gasteiger partial charge in [-0.2, -0.15) is 0 Å². The average Bonchev–Trinajstić information content (AvgIpc) is 3.03. The Morgan fingerprint density at radius 2 is 2.00 bits per heavy atom. The van der Waals surface area contributed by atoms with Crippen LogP contribution in [0.1, 0.15) is 41.6 Å². The zero-order chi connectivity index (χ0) is 17.5. The molecule has 0 unspecified atom stereocenters. The van der Waals surface area contributed by atoms with Crippen LogP contribution in [0.5, 0.6) is 11.5 Å². The molecule has 1 aromatic carbocycles. The molecule has 124 valence electrons. The number of thiophene rings is 1. The Hall–Kier alpha value is -2.40. The Labute approximate surface area is 144 Å². The molecule has 1 aliphatic rings. The molecule has 1 aliphatic heterocycles. The number of esters is 1. The third-order valence-electron chi connectivity index (χ3n) is 3.63. The van der Waals surface area contributed by atoms with Crippen LogP contribution in [0.25, 0.3) is 6.08 Å². The fourth-order valence-corrected chi connectivity index (χ4v) is 2.99. The summed E-state index contributed by atoms with van der Waals surface area (Å²) in [6.07, 6.45) is 1.75. The van der Waals surface area contributed by atoms with Gasteiger partial charge in [0.05, 0.1) is 11.0 Å². The van der Waals surface area contributed by atoms with Crippen molar-refractivity contribution in [1.82, 2.24) is 0 Å². The van der Waals surface area contributed by atoms with Crippen molar-refractivity contribution in [2.75, 3.05) is 0 Å². The van der Waals surface area contributed by atoms with Crippen molar-refractivity contribution in [1.29, 1.82) is 0 Å². The zero-order valence-corrected chi connectivity index (χ0v) is 14.8. The fourth-order valence-electron chi connectivity index (χ4n) is 2.14. The van der Waals surface area contributed by atoms with Crippen molar-refractivity contribution < 1.29 is 19.1 Å². The molecule has 0 spiro atoms. The van der Waals surface area contributed by atoms with E-state index < -0.39 is 5.41 Å². The van der Waals surface area contributed by atoms with Gasteiger partial charge in [-0.05, 0) is 56.8 Å². The topological polar surface area (TPSA) is 52.6 Å². The monoisotopic (exact) mass is 342 g/mol. The quantitative estimate of drug-likeness (QED) is 0.454. The van der Waals surface area contributed by atoms with Gasteiger partial charge in [0.15, 0.2) is 5.76 Å². The second kappa shape index (κ2) is 5.91. The lowest BCUT2D eigenvalue weighted by atomic mass is 9.97. The number of allylic oxidation sites excluding steroid dienone is 1. The molecule has 5 heteroatoms. The van der Waals surface area contributed by atoms with E-state index in [9.17, 15) is 9.59 Å². The zero-order valence-electron chi connectivity index (χ0n) is 14.0. The first kappa shape index (κ1) is 16.5. The molecule has 0 bridgehead atoms. The number of benzene rings is 1. The van der Waals surface area contributed by atoms with E-state index in [0.29, 0.717) is 17.1 Å². The number of ketones is 1. The van der Waals surface area contributed by atoms with Crippen molar-refractivity contribution in [3.8, 4) is 11.5 Å². The van der Waals surface area contributed by atoms with Crippen molar-refractivity contribution >= 4 is 29.2 Å². The number of carbonyl (C=O) groups excluding carboxylic acids is 2. The second-order valence-corrected chi connectivity index (χ2v) is 7.65. The lowest BCUT2D eigenvalue weighted by Crippen LogP contribution is -2.25. The van der Waals surface area contributed by atoms with Gasteiger partial charge in [0.2, 0.25) is 5.78 Å². The molecule has 0 fully saturated rings. The van der Waals surface area contributed by atoms with Gasteiger partial charge in [-0.15, -0.1) is 11.3 Å². The van der Waals surface area contributed by atoms with Gasteiger partial charge in [0.1, 0.15) is 11.5 Å². The number of aryl methyl sites for hydroxylation is 1. The van der Waals surface area contributed by atoms with Crippen LogP contribution in [0.2, 0.25) is 0 Å². The van der Waals surface area contributed by atoms with Gasteiger partial charge in [0, 0.05) is 17.0 Å². The average molecular weight is 342 g/mol. The van der Waals surface area contributed by atoms with Gasteiger partial charge >= 0.3 is 5.97 Å². The largest absolute Gasteiger partial charge is 0.452 e. The summed E-state index contributed by atoms with van der Waals surface area (Å²) in [7, 11) is 0. The minimum absolute atomic E-state index is 0.161. The summed E-state index contributed by atoms with van der Waals surface area (Å²) in [4.78, 5) is 25.4. The van der Waals surface area contributed by atoms with Crippen LogP contribution >= 0.6 is 11.3 Å². The van der Waals surface area contributed by atoms with Crippen LogP contribution in [0.15, 0.2) is 35.4 Å². The smallest absolute Gasteiger partial charge is 0.316 e. The summed E-state index contributed by atoms with van der Waals surface area (Å²) >= 11 is 1.55. The van der Waals surface area contributed by atoms with Crippen molar-refractivity contribution in [2.24, 2.45) is 5.41 Å². The summed E-state index contributed by atoms with van der Waals surface area (Å²) in [6, 6.07) is 6.82. The first-order chi connectivity index (χ1) is 11.3. The van der Waals surface area contributed by atoms with Gasteiger partial charge in [0.25, 0.3) is 0 Å². The first-order valence-corrected chi connectivity index (χ1v) is 8.48. The molecule has 4 nitrogen and oxygen atoms in total.